The van der Waals surface area contributed by atoms with E-state index in [2.05, 4.69) is 5.32 Å². The second-order valence-electron chi connectivity index (χ2n) is 4.92. The van der Waals surface area contributed by atoms with Crippen LogP contribution >= 0.6 is 34.8 Å². The summed E-state index contributed by atoms with van der Waals surface area (Å²) >= 11 is 17.8. The molecule has 0 radical (unpaired) electrons. The van der Waals surface area contributed by atoms with Gasteiger partial charge in [0.1, 0.15) is 0 Å². The van der Waals surface area contributed by atoms with E-state index in [0.29, 0.717) is 33.6 Å². The smallest absolute Gasteiger partial charge is 0.244 e. The Kier molecular flexibility index (Phi) is 4.62. The molecule has 19 heavy (non-hydrogen) atoms. The molecule has 3 N–H and O–H groups in total. The SMILES string of the molecule is NC1(C(=O)Nc2cc(Cl)c(Cl)cc2Cl)CCCCC1. The first kappa shape index (κ1) is 14.9. The van der Waals surface area contributed by atoms with Crippen LogP contribution in [-0.4, -0.2) is 11.4 Å². The van der Waals surface area contributed by atoms with Gasteiger partial charge in [0.2, 0.25) is 5.91 Å². The largest absolute Gasteiger partial charge is 0.323 e. The van der Waals surface area contributed by atoms with E-state index < -0.39 is 5.54 Å². The molecule has 6 heteroatoms. The van der Waals surface area contributed by atoms with Gasteiger partial charge in [0.05, 0.1) is 26.3 Å². The van der Waals surface area contributed by atoms with Gasteiger partial charge >= 0.3 is 0 Å². The van der Waals surface area contributed by atoms with Gasteiger partial charge in [-0.3, -0.25) is 4.79 Å². The summed E-state index contributed by atoms with van der Waals surface area (Å²) in [5.74, 6) is -0.215. The molecule has 0 heterocycles. The molecule has 1 aromatic carbocycles. The highest BCUT2D eigenvalue weighted by Gasteiger charge is 2.35. The average molecular weight is 322 g/mol. The molecular formula is C13H15Cl3N2O. The number of benzene rings is 1. The second kappa shape index (κ2) is 5.88. The first-order valence-corrected chi connectivity index (χ1v) is 7.31. The Bertz CT molecular complexity index is 499. The van der Waals surface area contributed by atoms with Crippen LogP contribution in [0, 0.1) is 0 Å². The Morgan fingerprint density at radius 2 is 1.63 bits per heavy atom. The van der Waals surface area contributed by atoms with Gasteiger partial charge in [-0.05, 0) is 25.0 Å². The Morgan fingerprint density at radius 1 is 1.05 bits per heavy atom. The molecule has 1 saturated carbocycles. The molecule has 1 aromatic rings. The van der Waals surface area contributed by atoms with E-state index >= 15 is 0 Å². The summed E-state index contributed by atoms with van der Waals surface area (Å²) in [6, 6.07) is 3.04. The van der Waals surface area contributed by atoms with Crippen LogP contribution in [0.3, 0.4) is 0 Å². The lowest BCUT2D eigenvalue weighted by Gasteiger charge is -2.31. The zero-order chi connectivity index (χ0) is 14.0. The Morgan fingerprint density at radius 3 is 2.26 bits per heavy atom. The number of rotatable bonds is 2. The third-order valence-electron chi connectivity index (χ3n) is 3.46. The first-order valence-electron chi connectivity index (χ1n) is 6.17. The molecule has 0 unspecified atom stereocenters. The van der Waals surface area contributed by atoms with Gasteiger partial charge in [0.15, 0.2) is 0 Å². The molecule has 0 aliphatic heterocycles. The van der Waals surface area contributed by atoms with E-state index in [9.17, 15) is 4.79 Å². The molecule has 3 nitrogen and oxygen atoms in total. The van der Waals surface area contributed by atoms with Crippen molar-refractivity contribution in [2.75, 3.05) is 5.32 Å². The molecule has 0 bridgehead atoms. The number of nitrogens with two attached hydrogens (primary N) is 1. The quantitative estimate of drug-likeness (QED) is 0.800. The fraction of sp³-hybridized carbons (Fsp3) is 0.462. The van der Waals surface area contributed by atoms with Crippen LogP contribution in [0.2, 0.25) is 15.1 Å². The van der Waals surface area contributed by atoms with E-state index in [1.807, 2.05) is 0 Å². The Balaban J connectivity index is 2.16. The number of hydrogen-bond donors (Lipinski definition) is 2. The number of carbonyl (C=O) groups is 1. The lowest BCUT2D eigenvalue weighted by atomic mass is 9.82. The van der Waals surface area contributed by atoms with Crippen LogP contribution in [-0.2, 0) is 4.79 Å². The van der Waals surface area contributed by atoms with Crippen molar-refractivity contribution in [3.8, 4) is 0 Å². The van der Waals surface area contributed by atoms with Gasteiger partial charge in [-0.1, -0.05) is 54.1 Å². The van der Waals surface area contributed by atoms with Gasteiger partial charge in [-0.15, -0.1) is 0 Å². The third-order valence-corrected chi connectivity index (χ3v) is 4.49. The minimum atomic E-state index is -0.812. The van der Waals surface area contributed by atoms with Crippen molar-refractivity contribution < 1.29 is 4.79 Å². The summed E-state index contributed by atoms with van der Waals surface area (Å²) in [4.78, 5) is 12.3. The van der Waals surface area contributed by atoms with Gasteiger partial charge in [-0.25, -0.2) is 0 Å². The molecule has 0 spiro atoms. The summed E-state index contributed by atoms with van der Waals surface area (Å²) in [5.41, 5.74) is 5.78. The predicted molar refractivity (Wildman–Crippen MR) is 80.1 cm³/mol. The highest BCUT2D eigenvalue weighted by molar-refractivity contribution is 6.44. The first-order chi connectivity index (χ1) is 8.92. The van der Waals surface area contributed by atoms with Gasteiger partial charge in [-0.2, -0.15) is 0 Å². The fourth-order valence-electron chi connectivity index (χ4n) is 2.27. The monoisotopic (exact) mass is 320 g/mol. The maximum absolute atomic E-state index is 12.3. The van der Waals surface area contributed by atoms with Crippen LogP contribution in [0.15, 0.2) is 12.1 Å². The van der Waals surface area contributed by atoms with E-state index in [1.54, 1.807) is 0 Å². The molecule has 0 aromatic heterocycles. The topological polar surface area (TPSA) is 55.1 Å². The number of carbonyl (C=O) groups excluding carboxylic acids is 1. The summed E-state index contributed by atoms with van der Waals surface area (Å²) in [7, 11) is 0. The molecular weight excluding hydrogens is 307 g/mol. The van der Waals surface area contributed by atoms with Crippen LogP contribution in [0.4, 0.5) is 5.69 Å². The zero-order valence-electron chi connectivity index (χ0n) is 10.3. The Hall–Kier alpha value is -0.480. The van der Waals surface area contributed by atoms with Crippen molar-refractivity contribution in [1.29, 1.82) is 0 Å². The van der Waals surface area contributed by atoms with Crippen LogP contribution < -0.4 is 11.1 Å². The maximum atomic E-state index is 12.3. The molecule has 1 aliphatic carbocycles. The molecule has 0 saturated heterocycles. The van der Waals surface area contributed by atoms with Gasteiger partial charge in [0, 0.05) is 0 Å². The van der Waals surface area contributed by atoms with Crippen molar-refractivity contribution >= 4 is 46.4 Å². The van der Waals surface area contributed by atoms with Gasteiger partial charge < -0.3 is 11.1 Å². The molecule has 104 valence electrons. The highest BCUT2D eigenvalue weighted by Crippen LogP contribution is 2.33. The van der Waals surface area contributed by atoms with Gasteiger partial charge in [0.25, 0.3) is 0 Å². The number of hydrogen-bond acceptors (Lipinski definition) is 2. The standard InChI is InChI=1S/C13H15Cl3N2O/c14-8-6-10(16)11(7-9(8)15)18-12(19)13(17)4-2-1-3-5-13/h6-7H,1-5,17H2,(H,18,19). The minimum absolute atomic E-state index is 0.215. The summed E-state index contributed by atoms with van der Waals surface area (Å²) in [6.07, 6.45) is 4.45. The summed E-state index contributed by atoms with van der Waals surface area (Å²) in [6.45, 7) is 0. The van der Waals surface area contributed by atoms with E-state index in [4.69, 9.17) is 40.5 Å². The van der Waals surface area contributed by atoms with Crippen LogP contribution in [0.5, 0.6) is 0 Å². The number of halogens is 3. The predicted octanol–water partition coefficient (Wildman–Crippen LogP) is 4.25. The van der Waals surface area contributed by atoms with Crippen molar-refractivity contribution in [3.63, 3.8) is 0 Å². The van der Waals surface area contributed by atoms with Crippen molar-refractivity contribution in [2.45, 2.75) is 37.6 Å². The normalized spacial score (nSPS) is 18.1. The number of amides is 1. The van der Waals surface area contributed by atoms with Crippen LogP contribution in [0.25, 0.3) is 0 Å². The van der Waals surface area contributed by atoms with Crippen LogP contribution in [0.1, 0.15) is 32.1 Å². The van der Waals surface area contributed by atoms with Crippen molar-refractivity contribution in [2.24, 2.45) is 5.73 Å². The average Bonchev–Trinajstić information content (AvgIpc) is 2.36. The number of anilines is 1. The molecule has 1 fully saturated rings. The minimum Gasteiger partial charge on any atom is -0.323 e. The second-order valence-corrected chi connectivity index (χ2v) is 6.14. The van der Waals surface area contributed by atoms with Crippen molar-refractivity contribution in [1.82, 2.24) is 0 Å². The van der Waals surface area contributed by atoms with Crippen molar-refractivity contribution in [3.05, 3.63) is 27.2 Å². The molecule has 1 aliphatic rings. The fourth-order valence-corrected chi connectivity index (χ4v) is 2.87. The molecule has 0 atom stereocenters. The van der Waals surface area contributed by atoms with E-state index in [1.165, 1.54) is 12.1 Å². The number of nitrogens with one attached hydrogen (secondary N) is 1. The highest BCUT2D eigenvalue weighted by atomic mass is 35.5. The maximum Gasteiger partial charge on any atom is 0.244 e. The molecule has 1 amide bonds. The summed E-state index contributed by atoms with van der Waals surface area (Å²) < 4.78 is 0. The molecule has 2 rings (SSSR count). The lowest BCUT2D eigenvalue weighted by molar-refractivity contribution is -0.122. The summed E-state index contributed by atoms with van der Waals surface area (Å²) in [5, 5.41) is 3.79. The van der Waals surface area contributed by atoms with E-state index in [-0.39, 0.29) is 5.91 Å². The van der Waals surface area contributed by atoms with E-state index in [0.717, 1.165) is 19.3 Å². The zero-order valence-corrected chi connectivity index (χ0v) is 12.6. The third kappa shape index (κ3) is 3.34. The lowest BCUT2D eigenvalue weighted by Crippen LogP contribution is -2.52. The Labute approximate surface area is 127 Å².